The lowest BCUT2D eigenvalue weighted by Gasteiger charge is -2.20. The number of hydrogen-bond donors (Lipinski definition) is 5. The lowest BCUT2D eigenvalue weighted by Crippen LogP contribution is -2.47. The van der Waals surface area contributed by atoms with E-state index in [1.54, 1.807) is 0 Å². The fourth-order valence-corrected chi connectivity index (χ4v) is 3.46. The average Bonchev–Trinajstić information content (AvgIpc) is 3.25. The second kappa shape index (κ2) is 9.93. The maximum Gasteiger partial charge on any atom is 0.246 e. The molecule has 160 valence electrons. The van der Waals surface area contributed by atoms with Crippen LogP contribution in [0.2, 0.25) is 0 Å². The van der Waals surface area contributed by atoms with Gasteiger partial charge in [-0.1, -0.05) is 46.3 Å². The molecule has 8 heteroatoms. The number of carbonyl (C=O) groups excluding carboxylic acids is 1. The number of halogens is 1. The highest BCUT2D eigenvalue weighted by molar-refractivity contribution is 9.10. The summed E-state index contributed by atoms with van der Waals surface area (Å²) in [5.74, 6) is 0.629. The highest BCUT2D eigenvalue weighted by Crippen LogP contribution is 2.21. The van der Waals surface area contributed by atoms with Gasteiger partial charge in [-0.15, -0.1) is 0 Å². The highest BCUT2D eigenvalue weighted by Gasteiger charge is 2.32. The van der Waals surface area contributed by atoms with Crippen LogP contribution in [0.25, 0.3) is 0 Å². The van der Waals surface area contributed by atoms with Crippen LogP contribution in [0, 0.1) is 6.92 Å². The van der Waals surface area contributed by atoms with Gasteiger partial charge >= 0.3 is 0 Å². The van der Waals surface area contributed by atoms with Crippen molar-refractivity contribution in [3.05, 3.63) is 88.4 Å². The van der Waals surface area contributed by atoms with Gasteiger partial charge in [-0.05, 0) is 60.5 Å². The molecular weight excluding hydrogens is 458 g/mol. The number of hydrazine groups is 2. The molecule has 2 unspecified atom stereocenters. The van der Waals surface area contributed by atoms with Gasteiger partial charge in [-0.25, -0.2) is 10.9 Å². The molecule has 7 nitrogen and oxygen atoms in total. The Labute approximate surface area is 189 Å². The van der Waals surface area contributed by atoms with Crippen molar-refractivity contribution in [3.63, 3.8) is 0 Å². The van der Waals surface area contributed by atoms with Crippen LogP contribution in [0.5, 0.6) is 5.75 Å². The van der Waals surface area contributed by atoms with Crippen LogP contribution in [0.3, 0.4) is 0 Å². The van der Waals surface area contributed by atoms with Crippen LogP contribution < -0.4 is 31.8 Å². The molecule has 0 bridgehead atoms. The molecule has 1 saturated heterocycles. The van der Waals surface area contributed by atoms with Gasteiger partial charge in [0.15, 0.2) is 0 Å². The standard InChI is InChI=1S/C23H24BrN5O2/c1-15-13-18(9-12-20(15)24)26-23(30)21-22(28-29-27-21)25-17-7-10-19(11-8-17)31-14-16-5-3-2-4-6-16/h2-13,21-22,25,27-29H,14H2,1H3,(H,26,30). The van der Waals surface area contributed by atoms with E-state index in [-0.39, 0.29) is 12.1 Å². The number of aryl methyl sites for hydroxylation is 1. The zero-order valence-electron chi connectivity index (χ0n) is 17.0. The minimum absolute atomic E-state index is 0.153. The van der Waals surface area contributed by atoms with Crippen molar-refractivity contribution in [3.8, 4) is 5.75 Å². The van der Waals surface area contributed by atoms with Gasteiger partial charge in [0.05, 0.1) is 0 Å². The number of hydrogen-bond acceptors (Lipinski definition) is 6. The molecule has 3 aromatic carbocycles. The van der Waals surface area contributed by atoms with Gasteiger partial charge in [0, 0.05) is 15.8 Å². The van der Waals surface area contributed by atoms with Crippen LogP contribution in [-0.2, 0) is 11.4 Å². The zero-order chi connectivity index (χ0) is 21.6. The molecule has 0 saturated carbocycles. The summed E-state index contributed by atoms with van der Waals surface area (Å²) in [5, 5.41) is 6.27. The number of amides is 1. The van der Waals surface area contributed by atoms with Gasteiger partial charge in [0.25, 0.3) is 0 Å². The second-order valence-electron chi connectivity index (χ2n) is 7.27. The normalized spacial score (nSPS) is 17.9. The third kappa shape index (κ3) is 5.62. The Balaban J connectivity index is 1.33. The highest BCUT2D eigenvalue weighted by atomic mass is 79.9. The number of nitrogens with one attached hydrogen (secondary N) is 5. The van der Waals surface area contributed by atoms with E-state index >= 15 is 0 Å². The molecule has 1 aliphatic rings. The number of benzene rings is 3. The number of anilines is 2. The van der Waals surface area contributed by atoms with Crippen LogP contribution in [0.1, 0.15) is 11.1 Å². The zero-order valence-corrected chi connectivity index (χ0v) is 18.6. The first-order valence-electron chi connectivity index (χ1n) is 9.95. The summed E-state index contributed by atoms with van der Waals surface area (Å²) in [4.78, 5) is 12.8. The van der Waals surface area contributed by atoms with Gasteiger partial charge in [-0.3, -0.25) is 4.79 Å². The van der Waals surface area contributed by atoms with Crippen molar-refractivity contribution < 1.29 is 9.53 Å². The van der Waals surface area contributed by atoms with Gasteiger partial charge in [-0.2, -0.15) is 5.53 Å². The van der Waals surface area contributed by atoms with Gasteiger partial charge in [0.1, 0.15) is 24.6 Å². The topological polar surface area (TPSA) is 86.5 Å². The van der Waals surface area contributed by atoms with Crippen molar-refractivity contribution >= 4 is 33.2 Å². The first-order valence-corrected chi connectivity index (χ1v) is 10.7. The van der Waals surface area contributed by atoms with E-state index in [1.807, 2.05) is 79.7 Å². The maximum atomic E-state index is 12.8. The molecule has 0 spiro atoms. The Kier molecular flexibility index (Phi) is 6.83. The molecule has 1 heterocycles. The lowest BCUT2D eigenvalue weighted by atomic mass is 10.2. The van der Waals surface area contributed by atoms with E-state index in [0.717, 1.165) is 32.7 Å². The summed E-state index contributed by atoms with van der Waals surface area (Å²) in [6.07, 6.45) is -0.340. The van der Waals surface area contributed by atoms with E-state index in [1.165, 1.54) is 0 Å². The fourth-order valence-electron chi connectivity index (χ4n) is 3.21. The Bertz CT molecular complexity index is 1030. The van der Waals surface area contributed by atoms with E-state index in [9.17, 15) is 4.79 Å². The molecule has 5 N–H and O–H groups in total. The first-order chi connectivity index (χ1) is 15.1. The van der Waals surface area contributed by atoms with Crippen molar-refractivity contribution in [2.75, 3.05) is 10.6 Å². The molecule has 0 aliphatic carbocycles. The van der Waals surface area contributed by atoms with Crippen molar-refractivity contribution in [2.24, 2.45) is 0 Å². The third-order valence-corrected chi connectivity index (χ3v) is 5.81. The van der Waals surface area contributed by atoms with Crippen molar-refractivity contribution in [1.29, 1.82) is 0 Å². The Morgan fingerprint density at radius 2 is 1.74 bits per heavy atom. The Morgan fingerprint density at radius 1 is 1.00 bits per heavy atom. The third-order valence-electron chi connectivity index (χ3n) is 4.92. The van der Waals surface area contributed by atoms with E-state index < -0.39 is 6.04 Å². The monoisotopic (exact) mass is 481 g/mol. The quantitative estimate of drug-likeness (QED) is 0.353. The molecule has 3 aromatic rings. The minimum Gasteiger partial charge on any atom is -0.489 e. The Morgan fingerprint density at radius 3 is 2.48 bits per heavy atom. The summed E-state index contributed by atoms with van der Waals surface area (Å²) in [6.45, 7) is 2.50. The Hall–Kier alpha value is -2.91. The van der Waals surface area contributed by atoms with Gasteiger partial charge < -0.3 is 15.4 Å². The summed E-state index contributed by atoms with van der Waals surface area (Å²) < 4.78 is 6.83. The average molecular weight is 482 g/mol. The van der Waals surface area contributed by atoms with Crippen LogP contribution >= 0.6 is 15.9 Å². The molecule has 1 fully saturated rings. The number of rotatable bonds is 7. The predicted octanol–water partition coefficient (Wildman–Crippen LogP) is 3.69. The van der Waals surface area contributed by atoms with Gasteiger partial charge in [0.2, 0.25) is 5.91 Å². The minimum atomic E-state index is -0.516. The van der Waals surface area contributed by atoms with E-state index in [4.69, 9.17) is 4.74 Å². The molecule has 0 radical (unpaired) electrons. The number of carbonyl (C=O) groups is 1. The van der Waals surface area contributed by atoms with E-state index in [2.05, 4.69) is 42.9 Å². The fraction of sp³-hybridized carbons (Fsp3) is 0.174. The van der Waals surface area contributed by atoms with Crippen molar-refractivity contribution in [1.82, 2.24) is 16.4 Å². The summed E-state index contributed by atoms with van der Waals surface area (Å²) >= 11 is 3.47. The summed E-state index contributed by atoms with van der Waals surface area (Å²) in [5.41, 5.74) is 12.6. The molecule has 1 aliphatic heterocycles. The smallest absolute Gasteiger partial charge is 0.246 e. The summed E-state index contributed by atoms with van der Waals surface area (Å²) in [7, 11) is 0. The van der Waals surface area contributed by atoms with Crippen LogP contribution in [-0.4, -0.2) is 18.1 Å². The lowest BCUT2D eigenvalue weighted by molar-refractivity contribution is -0.118. The summed E-state index contributed by atoms with van der Waals surface area (Å²) in [6, 6.07) is 22.9. The maximum absolute atomic E-state index is 12.8. The van der Waals surface area contributed by atoms with Crippen LogP contribution in [0.4, 0.5) is 11.4 Å². The SMILES string of the molecule is Cc1cc(NC(=O)C2NNNC2Nc2ccc(OCc3ccccc3)cc2)ccc1Br. The largest absolute Gasteiger partial charge is 0.489 e. The second-order valence-corrected chi connectivity index (χ2v) is 8.12. The molecule has 2 atom stereocenters. The first kappa shape index (κ1) is 21.3. The predicted molar refractivity (Wildman–Crippen MR) is 125 cm³/mol. The molecule has 4 rings (SSSR count). The van der Waals surface area contributed by atoms with Crippen LogP contribution in [0.15, 0.2) is 77.3 Å². The molecule has 31 heavy (non-hydrogen) atoms. The van der Waals surface area contributed by atoms with Crippen molar-refractivity contribution in [2.45, 2.75) is 25.7 Å². The number of ether oxygens (including phenoxy) is 1. The van der Waals surface area contributed by atoms with E-state index in [0.29, 0.717) is 6.61 Å². The molecular formula is C23H24BrN5O2. The molecule has 1 amide bonds. The molecule has 0 aromatic heterocycles.